The third-order valence-electron chi connectivity index (χ3n) is 3.72. The molecule has 4 heteroatoms. The van der Waals surface area contributed by atoms with Gasteiger partial charge in [0.2, 0.25) is 5.91 Å². The third-order valence-corrected chi connectivity index (χ3v) is 3.72. The van der Waals surface area contributed by atoms with Gasteiger partial charge in [-0.15, -0.1) is 0 Å². The Labute approximate surface area is 137 Å². The number of hydrogen-bond acceptors (Lipinski definition) is 2. The Kier molecular flexibility index (Phi) is 5.74. The van der Waals surface area contributed by atoms with E-state index in [1.807, 2.05) is 24.3 Å². The minimum Gasteiger partial charge on any atom is -0.369 e. The number of hydrogen-bond donors (Lipinski definition) is 1. The molecule has 1 amide bonds. The molecule has 0 unspecified atom stereocenters. The molecule has 0 fully saturated rings. The number of benzene rings is 2. The molecular formula is C19H23FN2O. The van der Waals surface area contributed by atoms with Crippen LogP contribution in [0.4, 0.5) is 15.8 Å². The SMILES string of the molecule is CCN(c1ccc(NC(=O)Cc2ccc(F)cc2)cc1)C(C)C. The Balaban J connectivity index is 1.97. The molecule has 23 heavy (non-hydrogen) atoms. The maximum atomic E-state index is 12.9. The fourth-order valence-corrected chi connectivity index (χ4v) is 2.57. The minimum absolute atomic E-state index is 0.111. The average molecular weight is 314 g/mol. The van der Waals surface area contributed by atoms with E-state index in [1.54, 1.807) is 12.1 Å². The number of nitrogens with one attached hydrogen (secondary N) is 1. The van der Waals surface area contributed by atoms with Gasteiger partial charge in [-0.1, -0.05) is 12.1 Å². The van der Waals surface area contributed by atoms with Crippen molar-refractivity contribution >= 4 is 17.3 Å². The second-order valence-electron chi connectivity index (χ2n) is 5.78. The summed E-state index contributed by atoms with van der Waals surface area (Å²) < 4.78 is 12.9. The maximum absolute atomic E-state index is 12.9. The molecule has 2 aromatic carbocycles. The normalized spacial score (nSPS) is 10.7. The van der Waals surface area contributed by atoms with Crippen molar-refractivity contribution in [1.29, 1.82) is 0 Å². The van der Waals surface area contributed by atoms with Gasteiger partial charge in [-0.3, -0.25) is 4.79 Å². The lowest BCUT2D eigenvalue weighted by Gasteiger charge is -2.27. The second kappa shape index (κ2) is 7.77. The molecule has 0 bridgehead atoms. The van der Waals surface area contributed by atoms with E-state index in [0.717, 1.165) is 23.5 Å². The van der Waals surface area contributed by atoms with Crippen LogP contribution in [0.2, 0.25) is 0 Å². The Morgan fingerprint density at radius 2 is 1.70 bits per heavy atom. The summed E-state index contributed by atoms with van der Waals surface area (Å²) in [7, 11) is 0. The molecule has 1 N–H and O–H groups in total. The fourth-order valence-electron chi connectivity index (χ4n) is 2.57. The van der Waals surface area contributed by atoms with Crippen LogP contribution in [0.1, 0.15) is 26.3 Å². The van der Waals surface area contributed by atoms with Crippen molar-refractivity contribution in [1.82, 2.24) is 0 Å². The molecule has 2 aromatic rings. The number of carbonyl (C=O) groups is 1. The summed E-state index contributed by atoms with van der Waals surface area (Å²) >= 11 is 0. The van der Waals surface area contributed by atoms with Gasteiger partial charge in [0.15, 0.2) is 0 Å². The molecule has 122 valence electrons. The smallest absolute Gasteiger partial charge is 0.228 e. The van der Waals surface area contributed by atoms with Gasteiger partial charge in [0.05, 0.1) is 6.42 Å². The van der Waals surface area contributed by atoms with Crippen LogP contribution in [0.25, 0.3) is 0 Å². The molecule has 0 heterocycles. The zero-order valence-corrected chi connectivity index (χ0v) is 13.8. The highest BCUT2D eigenvalue weighted by Crippen LogP contribution is 2.20. The highest BCUT2D eigenvalue weighted by molar-refractivity contribution is 5.92. The summed E-state index contributed by atoms with van der Waals surface area (Å²) in [6.45, 7) is 7.37. The fraction of sp³-hybridized carbons (Fsp3) is 0.316. The Hall–Kier alpha value is -2.36. The van der Waals surface area contributed by atoms with Crippen LogP contribution in [0.5, 0.6) is 0 Å². The minimum atomic E-state index is -0.296. The Morgan fingerprint density at radius 3 is 2.22 bits per heavy atom. The van der Waals surface area contributed by atoms with E-state index in [1.165, 1.54) is 12.1 Å². The van der Waals surface area contributed by atoms with Crippen molar-refractivity contribution in [2.75, 3.05) is 16.8 Å². The van der Waals surface area contributed by atoms with E-state index in [2.05, 4.69) is 31.0 Å². The monoisotopic (exact) mass is 314 g/mol. The standard InChI is InChI=1S/C19H23FN2O/c1-4-22(14(2)3)18-11-9-17(10-12-18)21-19(23)13-15-5-7-16(20)8-6-15/h5-12,14H,4,13H2,1-3H3,(H,21,23). The van der Waals surface area contributed by atoms with Crippen LogP contribution in [0, 0.1) is 5.82 Å². The van der Waals surface area contributed by atoms with Crippen molar-refractivity contribution in [3.63, 3.8) is 0 Å². The summed E-state index contributed by atoms with van der Waals surface area (Å²) in [6.07, 6.45) is 0.231. The number of anilines is 2. The molecule has 0 aliphatic heterocycles. The third kappa shape index (κ3) is 4.81. The molecule has 0 atom stereocenters. The topological polar surface area (TPSA) is 32.3 Å². The molecule has 2 rings (SSSR count). The summed E-state index contributed by atoms with van der Waals surface area (Å²) in [6, 6.07) is 14.2. The predicted octanol–water partition coefficient (Wildman–Crippen LogP) is 4.24. The lowest BCUT2D eigenvalue weighted by molar-refractivity contribution is -0.115. The van der Waals surface area contributed by atoms with Crippen molar-refractivity contribution in [2.24, 2.45) is 0 Å². The number of rotatable bonds is 6. The Morgan fingerprint density at radius 1 is 1.09 bits per heavy atom. The van der Waals surface area contributed by atoms with Gasteiger partial charge in [0.1, 0.15) is 5.82 Å². The van der Waals surface area contributed by atoms with Crippen molar-refractivity contribution in [2.45, 2.75) is 33.2 Å². The first-order chi connectivity index (χ1) is 11.0. The van der Waals surface area contributed by atoms with Crippen LogP contribution in [0.15, 0.2) is 48.5 Å². The van der Waals surface area contributed by atoms with Gasteiger partial charge >= 0.3 is 0 Å². The lowest BCUT2D eigenvalue weighted by Crippen LogP contribution is -2.30. The van der Waals surface area contributed by atoms with Gasteiger partial charge in [-0.25, -0.2) is 4.39 Å². The van der Waals surface area contributed by atoms with Crippen LogP contribution < -0.4 is 10.2 Å². The summed E-state index contributed by atoms with van der Waals surface area (Å²) in [5, 5.41) is 2.87. The van der Waals surface area contributed by atoms with E-state index >= 15 is 0 Å². The molecule has 0 radical (unpaired) electrons. The highest BCUT2D eigenvalue weighted by Gasteiger charge is 2.09. The second-order valence-corrected chi connectivity index (χ2v) is 5.78. The number of halogens is 1. The molecule has 3 nitrogen and oxygen atoms in total. The first kappa shape index (κ1) is 17.0. The van der Waals surface area contributed by atoms with Gasteiger partial charge < -0.3 is 10.2 Å². The van der Waals surface area contributed by atoms with Gasteiger partial charge in [-0.05, 0) is 62.7 Å². The lowest BCUT2D eigenvalue weighted by atomic mass is 10.1. The molecular weight excluding hydrogens is 291 g/mol. The van der Waals surface area contributed by atoms with Crippen LogP contribution >= 0.6 is 0 Å². The summed E-state index contributed by atoms with van der Waals surface area (Å²) in [4.78, 5) is 14.3. The maximum Gasteiger partial charge on any atom is 0.228 e. The largest absolute Gasteiger partial charge is 0.369 e. The van der Waals surface area contributed by atoms with E-state index in [-0.39, 0.29) is 18.1 Å². The van der Waals surface area contributed by atoms with Gasteiger partial charge in [0, 0.05) is 24.0 Å². The number of carbonyl (C=O) groups excluding carboxylic acids is 1. The molecule has 0 saturated heterocycles. The van der Waals surface area contributed by atoms with Gasteiger partial charge in [-0.2, -0.15) is 0 Å². The van der Waals surface area contributed by atoms with E-state index in [9.17, 15) is 9.18 Å². The zero-order chi connectivity index (χ0) is 16.8. The summed E-state index contributed by atoms with van der Waals surface area (Å²) in [5.74, 6) is -0.407. The predicted molar refractivity (Wildman–Crippen MR) is 93.3 cm³/mol. The number of amides is 1. The zero-order valence-electron chi connectivity index (χ0n) is 13.8. The average Bonchev–Trinajstić information content (AvgIpc) is 2.51. The Bertz CT molecular complexity index is 635. The van der Waals surface area contributed by atoms with E-state index < -0.39 is 0 Å². The van der Waals surface area contributed by atoms with E-state index in [4.69, 9.17) is 0 Å². The first-order valence-corrected chi connectivity index (χ1v) is 7.90. The molecule has 0 spiro atoms. The molecule has 0 saturated carbocycles. The molecule has 0 aliphatic rings. The quantitative estimate of drug-likeness (QED) is 0.865. The molecule has 0 aromatic heterocycles. The highest BCUT2D eigenvalue weighted by atomic mass is 19.1. The van der Waals surface area contributed by atoms with E-state index in [0.29, 0.717) is 6.04 Å². The molecule has 0 aliphatic carbocycles. The van der Waals surface area contributed by atoms with Crippen LogP contribution in [-0.2, 0) is 11.2 Å². The van der Waals surface area contributed by atoms with Crippen LogP contribution in [-0.4, -0.2) is 18.5 Å². The first-order valence-electron chi connectivity index (χ1n) is 7.90. The van der Waals surface area contributed by atoms with Crippen molar-refractivity contribution in [3.8, 4) is 0 Å². The van der Waals surface area contributed by atoms with Crippen molar-refractivity contribution < 1.29 is 9.18 Å². The number of nitrogens with zero attached hydrogens (tertiary/aromatic N) is 1. The van der Waals surface area contributed by atoms with Crippen molar-refractivity contribution in [3.05, 3.63) is 59.9 Å². The van der Waals surface area contributed by atoms with Crippen LogP contribution in [0.3, 0.4) is 0 Å². The summed E-state index contributed by atoms with van der Waals surface area (Å²) in [5.41, 5.74) is 2.69. The van der Waals surface area contributed by atoms with Gasteiger partial charge in [0.25, 0.3) is 0 Å².